The molecule has 1 amide bonds. The number of carbonyl (C=O) groups is 1. The largest absolute Gasteiger partial charge is 0.339 e. The number of hydrogen-bond donors (Lipinski definition) is 0. The summed E-state index contributed by atoms with van der Waals surface area (Å²) in [5.74, 6) is 0.635. The zero-order chi connectivity index (χ0) is 19.8. The van der Waals surface area contributed by atoms with Gasteiger partial charge in [-0.2, -0.15) is 0 Å². The first-order valence-electron chi connectivity index (χ1n) is 10.2. The number of benzene rings is 1. The van der Waals surface area contributed by atoms with E-state index in [-0.39, 0.29) is 5.91 Å². The van der Waals surface area contributed by atoms with Crippen LogP contribution < -0.4 is 0 Å². The Morgan fingerprint density at radius 2 is 2.00 bits per heavy atom. The lowest BCUT2D eigenvalue weighted by Crippen LogP contribution is -2.44. The fourth-order valence-corrected chi connectivity index (χ4v) is 5.14. The summed E-state index contributed by atoms with van der Waals surface area (Å²) in [4.78, 5) is 15.0. The molecule has 1 atom stereocenters. The van der Waals surface area contributed by atoms with Gasteiger partial charge in [-0.3, -0.25) is 9.20 Å². The van der Waals surface area contributed by atoms with Crippen molar-refractivity contribution in [3.8, 4) is 0 Å². The van der Waals surface area contributed by atoms with Crippen molar-refractivity contribution < 1.29 is 4.79 Å². The van der Waals surface area contributed by atoms with E-state index in [2.05, 4.69) is 65.4 Å². The lowest BCUT2D eigenvalue weighted by molar-refractivity contribution is -0.132. The molecule has 0 N–H and O–H groups in total. The van der Waals surface area contributed by atoms with Crippen molar-refractivity contribution in [1.82, 2.24) is 19.5 Å². The monoisotopic (exact) mass is 396 g/mol. The Morgan fingerprint density at radius 3 is 2.79 bits per heavy atom. The third kappa shape index (κ3) is 3.28. The van der Waals surface area contributed by atoms with Crippen LogP contribution in [0.25, 0.3) is 16.6 Å². The Kier molecular flexibility index (Phi) is 5.32. The summed E-state index contributed by atoms with van der Waals surface area (Å²) in [5, 5.41) is 10.9. The number of thioether (sulfide) groups is 1. The molecular weight excluding hydrogens is 368 g/mol. The molecule has 0 radical (unpaired) electrons. The van der Waals surface area contributed by atoms with Crippen LogP contribution in [0.4, 0.5) is 0 Å². The molecule has 1 fully saturated rings. The second kappa shape index (κ2) is 7.74. The molecule has 0 bridgehead atoms. The molecule has 1 aliphatic rings. The molecule has 0 spiro atoms. The van der Waals surface area contributed by atoms with Crippen LogP contribution in [0.5, 0.6) is 0 Å². The average molecular weight is 397 g/mol. The number of aryl methyl sites for hydroxylation is 3. The number of carbonyl (C=O) groups excluding carboxylic acids is 1. The van der Waals surface area contributed by atoms with Gasteiger partial charge in [0.05, 0.1) is 11.3 Å². The number of aromatic nitrogens is 3. The Hall–Kier alpha value is -2.08. The predicted octanol–water partition coefficient (Wildman–Crippen LogP) is 4.69. The quantitative estimate of drug-likeness (QED) is 0.600. The molecule has 1 aliphatic heterocycles. The molecule has 6 heteroatoms. The van der Waals surface area contributed by atoms with Crippen molar-refractivity contribution in [3.05, 3.63) is 34.9 Å². The van der Waals surface area contributed by atoms with E-state index < -0.39 is 0 Å². The average Bonchev–Trinajstić information content (AvgIpc) is 3.13. The van der Waals surface area contributed by atoms with Crippen LogP contribution >= 0.6 is 11.8 Å². The van der Waals surface area contributed by atoms with Gasteiger partial charge in [0.15, 0.2) is 10.8 Å². The van der Waals surface area contributed by atoms with Gasteiger partial charge in [0.2, 0.25) is 5.91 Å². The third-order valence-corrected chi connectivity index (χ3v) is 6.97. The van der Waals surface area contributed by atoms with Crippen molar-refractivity contribution in [2.45, 2.75) is 64.6 Å². The van der Waals surface area contributed by atoms with E-state index in [1.807, 2.05) is 0 Å². The topological polar surface area (TPSA) is 50.5 Å². The number of piperidine rings is 1. The number of nitrogens with zero attached hydrogens (tertiary/aromatic N) is 4. The Labute approximate surface area is 170 Å². The van der Waals surface area contributed by atoms with Crippen LogP contribution in [0.3, 0.4) is 0 Å². The first-order chi connectivity index (χ1) is 13.5. The highest BCUT2D eigenvalue weighted by Crippen LogP contribution is 2.29. The van der Waals surface area contributed by atoms with Crippen molar-refractivity contribution in [2.75, 3.05) is 12.3 Å². The highest BCUT2D eigenvalue weighted by molar-refractivity contribution is 7.99. The molecule has 148 valence electrons. The maximum atomic E-state index is 12.9. The van der Waals surface area contributed by atoms with Crippen LogP contribution in [-0.4, -0.2) is 43.7 Å². The van der Waals surface area contributed by atoms with Gasteiger partial charge in [-0.05, 0) is 74.6 Å². The summed E-state index contributed by atoms with van der Waals surface area (Å²) in [7, 11) is 0. The first kappa shape index (κ1) is 19.2. The van der Waals surface area contributed by atoms with Crippen molar-refractivity contribution >= 4 is 34.2 Å². The fraction of sp³-hybridized carbons (Fsp3) is 0.500. The highest BCUT2D eigenvalue weighted by Gasteiger charge is 2.25. The second-order valence-electron chi connectivity index (χ2n) is 7.85. The number of likely N-dealkylation sites (tertiary alicyclic amines) is 1. The molecule has 0 aliphatic carbocycles. The van der Waals surface area contributed by atoms with Crippen LogP contribution in [0.2, 0.25) is 0 Å². The van der Waals surface area contributed by atoms with Gasteiger partial charge >= 0.3 is 0 Å². The Morgan fingerprint density at radius 1 is 1.18 bits per heavy atom. The van der Waals surface area contributed by atoms with Gasteiger partial charge in [0, 0.05) is 12.6 Å². The smallest absolute Gasteiger partial charge is 0.233 e. The maximum Gasteiger partial charge on any atom is 0.233 e. The van der Waals surface area contributed by atoms with Crippen molar-refractivity contribution in [3.63, 3.8) is 0 Å². The molecular formula is C22H28N4OS. The Bertz CT molecular complexity index is 1040. The van der Waals surface area contributed by atoms with Crippen LogP contribution in [-0.2, 0) is 4.79 Å². The summed E-state index contributed by atoms with van der Waals surface area (Å²) < 4.78 is 2.14. The lowest BCUT2D eigenvalue weighted by Gasteiger charge is -2.35. The molecule has 1 aromatic carbocycles. The van der Waals surface area contributed by atoms with Gasteiger partial charge in [-0.25, -0.2) is 0 Å². The molecule has 3 heterocycles. The number of fused-ring (bicyclic) bond motifs is 3. The molecule has 1 saturated heterocycles. The normalized spacial score (nSPS) is 17.6. The maximum absolute atomic E-state index is 12.9. The van der Waals surface area contributed by atoms with E-state index in [0.29, 0.717) is 11.8 Å². The van der Waals surface area contributed by atoms with Gasteiger partial charge in [-0.15, -0.1) is 10.2 Å². The second-order valence-corrected chi connectivity index (χ2v) is 8.79. The van der Waals surface area contributed by atoms with Crippen LogP contribution in [0.15, 0.2) is 23.4 Å². The molecule has 28 heavy (non-hydrogen) atoms. The minimum Gasteiger partial charge on any atom is -0.339 e. The third-order valence-electron chi connectivity index (χ3n) is 6.06. The zero-order valence-electron chi connectivity index (χ0n) is 17.2. The van der Waals surface area contributed by atoms with E-state index in [9.17, 15) is 4.79 Å². The van der Waals surface area contributed by atoms with Crippen molar-refractivity contribution in [1.29, 1.82) is 0 Å². The van der Waals surface area contributed by atoms with E-state index in [0.717, 1.165) is 47.7 Å². The molecule has 4 rings (SSSR count). The Balaban J connectivity index is 1.68. The first-order valence-corrected chi connectivity index (χ1v) is 11.2. The van der Waals surface area contributed by atoms with Gasteiger partial charge in [0.1, 0.15) is 0 Å². The minimum atomic E-state index is 0.221. The van der Waals surface area contributed by atoms with Gasteiger partial charge < -0.3 is 4.90 Å². The number of pyridine rings is 1. The fourth-order valence-electron chi connectivity index (χ4n) is 4.32. The van der Waals surface area contributed by atoms with Crippen LogP contribution in [0.1, 0.15) is 49.3 Å². The van der Waals surface area contributed by atoms with Crippen LogP contribution in [0, 0.1) is 20.8 Å². The number of rotatable bonds is 4. The summed E-state index contributed by atoms with van der Waals surface area (Å²) in [6.45, 7) is 9.40. The summed E-state index contributed by atoms with van der Waals surface area (Å²) in [6, 6.07) is 6.88. The van der Waals surface area contributed by atoms with E-state index in [1.165, 1.54) is 34.7 Å². The molecule has 5 nitrogen and oxygen atoms in total. The molecule has 0 unspecified atom stereocenters. The summed E-state index contributed by atoms with van der Waals surface area (Å²) in [5.41, 5.74) is 5.60. The van der Waals surface area contributed by atoms with E-state index >= 15 is 0 Å². The summed E-state index contributed by atoms with van der Waals surface area (Å²) in [6.07, 6.45) is 4.51. The SMILES string of the molecule is CC[C@H]1CCCCN1C(=O)CSc1nnc2c(C)cc3ccc(C)c(C)c3n12. The van der Waals surface area contributed by atoms with Crippen molar-refractivity contribution in [2.24, 2.45) is 0 Å². The minimum absolute atomic E-state index is 0.221. The molecule has 2 aromatic heterocycles. The van der Waals surface area contributed by atoms with E-state index in [1.54, 1.807) is 0 Å². The van der Waals surface area contributed by atoms with Gasteiger partial charge in [0.25, 0.3) is 0 Å². The molecule has 3 aromatic rings. The standard InChI is InChI=1S/C22H28N4OS/c1-5-18-8-6-7-11-25(18)19(27)13-28-22-24-23-21-15(3)12-17-10-9-14(2)16(4)20(17)26(21)22/h9-10,12,18H,5-8,11,13H2,1-4H3/t18-/m0/s1. The predicted molar refractivity (Wildman–Crippen MR) is 115 cm³/mol. The number of amides is 1. The highest BCUT2D eigenvalue weighted by atomic mass is 32.2. The number of hydrogen-bond acceptors (Lipinski definition) is 4. The lowest BCUT2D eigenvalue weighted by atomic mass is 10.0. The van der Waals surface area contributed by atoms with Gasteiger partial charge in [-0.1, -0.05) is 30.8 Å². The zero-order valence-corrected chi connectivity index (χ0v) is 18.0. The summed E-state index contributed by atoms with van der Waals surface area (Å²) >= 11 is 1.51. The molecule has 0 saturated carbocycles. The van der Waals surface area contributed by atoms with E-state index in [4.69, 9.17) is 0 Å².